The van der Waals surface area contributed by atoms with Gasteiger partial charge in [-0.15, -0.1) is 0 Å². The van der Waals surface area contributed by atoms with E-state index in [0.29, 0.717) is 0 Å². The summed E-state index contributed by atoms with van der Waals surface area (Å²) in [6.45, 7) is 10.3. The molecule has 0 spiro atoms. The summed E-state index contributed by atoms with van der Waals surface area (Å²) < 4.78 is 5.60. The zero-order chi connectivity index (χ0) is 19.2. The fourth-order valence-electron chi connectivity index (χ4n) is 3.45. The first-order valence-electron chi connectivity index (χ1n) is 10.7. The molecule has 0 aliphatic carbocycles. The summed E-state index contributed by atoms with van der Waals surface area (Å²) in [5.74, 6) is 0.386. The number of benzene rings is 1. The van der Waals surface area contributed by atoms with Gasteiger partial charge in [-0.3, -0.25) is 0 Å². The summed E-state index contributed by atoms with van der Waals surface area (Å²) in [6.07, 6.45) is 15.5. The van der Waals surface area contributed by atoms with Gasteiger partial charge in [-0.2, -0.15) is 0 Å². The smallest absolute Gasteiger partial charge is 0.335 e. The number of hydrogen-bond acceptors (Lipinski definition) is 2. The third kappa shape index (κ3) is 7.76. The zero-order valence-electron chi connectivity index (χ0n) is 17.2. The molecule has 26 heavy (non-hydrogen) atoms. The van der Waals surface area contributed by atoms with Crippen LogP contribution < -0.4 is 4.74 Å². The molecule has 1 rings (SSSR count). The highest BCUT2D eigenvalue weighted by molar-refractivity contribution is 5.83. The lowest BCUT2D eigenvalue weighted by atomic mass is 9.89. The van der Waals surface area contributed by atoms with E-state index in [9.17, 15) is 4.79 Å². The molecule has 2 nitrogen and oxygen atoms in total. The predicted octanol–water partition coefficient (Wildman–Crippen LogP) is 6.98. The number of esters is 1. The molecule has 0 amide bonds. The Balaban J connectivity index is 3.16. The molecule has 0 heterocycles. The topological polar surface area (TPSA) is 26.3 Å². The molecule has 146 valence electrons. The van der Waals surface area contributed by atoms with Crippen LogP contribution in [0.5, 0.6) is 5.75 Å². The van der Waals surface area contributed by atoms with Gasteiger partial charge >= 0.3 is 5.97 Å². The van der Waals surface area contributed by atoms with Gasteiger partial charge in [0.15, 0.2) is 0 Å². The molecule has 2 heteroatoms. The Morgan fingerprint density at radius 3 is 1.92 bits per heavy atom. The summed E-state index contributed by atoms with van der Waals surface area (Å²) in [4.78, 5) is 11.8. The standard InChI is InChI=1S/C24H38O2/c1-5-9-12-15-20-18-19-23(26-24(25)8-4)22(17-14-11-7-3)21(20)16-13-10-6-2/h8,18-19H,4-7,9-17H2,1-3H3. The molecular weight excluding hydrogens is 320 g/mol. The first-order chi connectivity index (χ1) is 12.7. The van der Waals surface area contributed by atoms with Crippen LogP contribution in [0, 0.1) is 0 Å². The minimum atomic E-state index is -0.361. The van der Waals surface area contributed by atoms with Gasteiger partial charge in [-0.05, 0) is 61.3 Å². The molecule has 0 radical (unpaired) electrons. The SMILES string of the molecule is C=CC(=O)Oc1ccc(CCCCC)c(CCCCC)c1CCCCC. The maximum absolute atomic E-state index is 11.8. The maximum atomic E-state index is 11.8. The van der Waals surface area contributed by atoms with E-state index in [0.717, 1.165) is 31.4 Å². The molecule has 1 aromatic carbocycles. The van der Waals surface area contributed by atoms with Crippen molar-refractivity contribution < 1.29 is 9.53 Å². The second-order valence-corrected chi connectivity index (χ2v) is 7.18. The van der Waals surface area contributed by atoms with E-state index in [2.05, 4.69) is 33.4 Å². The molecule has 1 aromatic rings. The molecule has 0 aliphatic heterocycles. The number of hydrogen-bond donors (Lipinski definition) is 0. The van der Waals surface area contributed by atoms with E-state index >= 15 is 0 Å². The van der Waals surface area contributed by atoms with Gasteiger partial charge < -0.3 is 4.74 Å². The van der Waals surface area contributed by atoms with Crippen molar-refractivity contribution in [1.82, 2.24) is 0 Å². The number of carbonyl (C=O) groups is 1. The van der Waals surface area contributed by atoms with E-state index in [1.165, 1.54) is 74.1 Å². The molecule has 0 unspecified atom stereocenters. The second-order valence-electron chi connectivity index (χ2n) is 7.18. The molecule has 0 aliphatic rings. The predicted molar refractivity (Wildman–Crippen MR) is 112 cm³/mol. The molecule has 0 atom stereocenters. The Kier molecular flexibility index (Phi) is 11.8. The average molecular weight is 359 g/mol. The second kappa shape index (κ2) is 13.6. The summed E-state index contributed by atoms with van der Waals surface area (Å²) >= 11 is 0. The molecule has 0 saturated heterocycles. The lowest BCUT2D eigenvalue weighted by Crippen LogP contribution is -2.09. The van der Waals surface area contributed by atoms with Gasteiger partial charge in [0.25, 0.3) is 0 Å². The number of ether oxygens (including phenoxy) is 1. The zero-order valence-corrected chi connectivity index (χ0v) is 17.2. The monoisotopic (exact) mass is 358 g/mol. The van der Waals surface area contributed by atoms with E-state index in [4.69, 9.17) is 4.74 Å². The lowest BCUT2D eigenvalue weighted by molar-refractivity contribution is -0.129. The van der Waals surface area contributed by atoms with Crippen molar-refractivity contribution in [3.8, 4) is 5.75 Å². The van der Waals surface area contributed by atoms with E-state index < -0.39 is 0 Å². The highest BCUT2D eigenvalue weighted by atomic mass is 16.5. The van der Waals surface area contributed by atoms with Gasteiger partial charge in [-0.25, -0.2) is 4.79 Å². The number of rotatable bonds is 14. The van der Waals surface area contributed by atoms with Crippen molar-refractivity contribution in [3.05, 3.63) is 41.5 Å². The third-order valence-electron chi connectivity index (χ3n) is 4.97. The van der Waals surface area contributed by atoms with Crippen LogP contribution in [0.25, 0.3) is 0 Å². The molecule has 0 bridgehead atoms. The van der Waals surface area contributed by atoms with Crippen molar-refractivity contribution in [1.29, 1.82) is 0 Å². The Bertz CT molecular complexity index is 545. The minimum Gasteiger partial charge on any atom is -0.423 e. The molecule has 0 fully saturated rings. The number of unbranched alkanes of at least 4 members (excludes halogenated alkanes) is 6. The van der Waals surface area contributed by atoms with E-state index in [1.807, 2.05) is 6.07 Å². The molecular formula is C24H38O2. The molecule has 0 N–H and O–H groups in total. The van der Waals surface area contributed by atoms with Crippen molar-refractivity contribution in [2.75, 3.05) is 0 Å². The fourth-order valence-corrected chi connectivity index (χ4v) is 3.45. The highest BCUT2D eigenvalue weighted by Gasteiger charge is 2.15. The van der Waals surface area contributed by atoms with E-state index in [-0.39, 0.29) is 5.97 Å². The first kappa shape index (κ1) is 22.5. The van der Waals surface area contributed by atoms with E-state index in [1.54, 1.807) is 0 Å². The van der Waals surface area contributed by atoms with Crippen LogP contribution in [0.2, 0.25) is 0 Å². The Hall–Kier alpha value is -1.57. The van der Waals surface area contributed by atoms with Crippen LogP contribution in [-0.4, -0.2) is 5.97 Å². The van der Waals surface area contributed by atoms with Crippen molar-refractivity contribution in [2.24, 2.45) is 0 Å². The van der Waals surface area contributed by atoms with Crippen LogP contribution in [0.4, 0.5) is 0 Å². The largest absolute Gasteiger partial charge is 0.423 e. The fraction of sp³-hybridized carbons (Fsp3) is 0.625. The van der Waals surface area contributed by atoms with Gasteiger partial charge in [-0.1, -0.05) is 71.9 Å². The number of aryl methyl sites for hydroxylation is 1. The normalized spacial score (nSPS) is 10.7. The molecule has 0 aromatic heterocycles. The number of carbonyl (C=O) groups excluding carboxylic acids is 1. The summed E-state index contributed by atoms with van der Waals surface area (Å²) in [6, 6.07) is 4.19. The quantitative estimate of drug-likeness (QED) is 0.155. The molecule has 0 saturated carbocycles. The van der Waals surface area contributed by atoms with Crippen LogP contribution >= 0.6 is 0 Å². The van der Waals surface area contributed by atoms with Gasteiger partial charge in [0, 0.05) is 6.08 Å². The summed E-state index contributed by atoms with van der Waals surface area (Å²) in [5.41, 5.74) is 4.17. The van der Waals surface area contributed by atoms with Crippen molar-refractivity contribution in [2.45, 2.75) is 97.8 Å². The highest BCUT2D eigenvalue weighted by Crippen LogP contribution is 2.30. The maximum Gasteiger partial charge on any atom is 0.335 e. The minimum absolute atomic E-state index is 0.361. The average Bonchev–Trinajstić information content (AvgIpc) is 2.65. The van der Waals surface area contributed by atoms with Gasteiger partial charge in [0.2, 0.25) is 0 Å². The lowest BCUT2D eigenvalue weighted by Gasteiger charge is -2.19. The van der Waals surface area contributed by atoms with Crippen molar-refractivity contribution in [3.63, 3.8) is 0 Å². The summed E-state index contributed by atoms with van der Waals surface area (Å²) in [5, 5.41) is 0. The van der Waals surface area contributed by atoms with Crippen LogP contribution in [-0.2, 0) is 24.1 Å². The van der Waals surface area contributed by atoms with Crippen LogP contribution in [0.15, 0.2) is 24.8 Å². The van der Waals surface area contributed by atoms with Crippen LogP contribution in [0.1, 0.15) is 95.2 Å². The van der Waals surface area contributed by atoms with Crippen LogP contribution in [0.3, 0.4) is 0 Å². The van der Waals surface area contributed by atoms with Crippen molar-refractivity contribution >= 4 is 5.97 Å². The van der Waals surface area contributed by atoms with Gasteiger partial charge in [0.1, 0.15) is 5.75 Å². The summed E-state index contributed by atoms with van der Waals surface area (Å²) in [7, 11) is 0. The Labute approximate surface area is 161 Å². The third-order valence-corrected chi connectivity index (χ3v) is 4.97. The Morgan fingerprint density at radius 2 is 1.38 bits per heavy atom. The Morgan fingerprint density at radius 1 is 0.846 bits per heavy atom. The van der Waals surface area contributed by atoms with Gasteiger partial charge in [0.05, 0.1) is 0 Å². The first-order valence-corrected chi connectivity index (χ1v) is 10.7.